The minimum atomic E-state index is -0.916. The van der Waals surface area contributed by atoms with Gasteiger partial charge in [-0.05, 0) is 73.2 Å². The molecule has 0 unspecified atom stereocenters. The molecule has 4 aromatic rings. The zero-order chi connectivity index (χ0) is 29.9. The Bertz CT molecular complexity index is 1570. The molecule has 0 saturated heterocycles. The third-order valence-electron chi connectivity index (χ3n) is 6.80. The lowest BCUT2D eigenvalue weighted by Gasteiger charge is -2.08. The summed E-state index contributed by atoms with van der Waals surface area (Å²) in [7, 11) is 0. The number of carboxylic acid groups (broad SMARTS) is 2. The second kappa shape index (κ2) is 14.7. The van der Waals surface area contributed by atoms with Gasteiger partial charge >= 0.3 is 11.9 Å². The molecule has 1 heterocycles. The van der Waals surface area contributed by atoms with Crippen molar-refractivity contribution >= 4 is 40.8 Å². The molecule has 0 radical (unpaired) electrons. The Hall–Kier alpha value is -4.85. The highest BCUT2D eigenvalue weighted by molar-refractivity contribution is 5.96. The van der Waals surface area contributed by atoms with Crippen LogP contribution in [-0.4, -0.2) is 45.7 Å². The largest absolute Gasteiger partial charge is 0.494 e. The maximum Gasteiger partial charge on any atom is 0.307 e. The van der Waals surface area contributed by atoms with Crippen molar-refractivity contribution in [1.82, 2.24) is 4.57 Å². The van der Waals surface area contributed by atoms with Crippen molar-refractivity contribution in [3.63, 3.8) is 0 Å². The summed E-state index contributed by atoms with van der Waals surface area (Å²) in [5.74, 6) is -0.294. The van der Waals surface area contributed by atoms with E-state index < -0.39 is 11.9 Å². The van der Waals surface area contributed by atoms with Gasteiger partial charge in [-0.2, -0.15) is 0 Å². The number of nitrogens with zero attached hydrogens (tertiary/aromatic N) is 1. The number of aliphatic carboxylic acids is 2. The third-order valence-corrected chi connectivity index (χ3v) is 6.80. The van der Waals surface area contributed by atoms with Crippen molar-refractivity contribution in [1.29, 1.82) is 0 Å². The fourth-order valence-corrected chi connectivity index (χ4v) is 4.74. The highest BCUT2D eigenvalue weighted by Crippen LogP contribution is 2.28. The summed E-state index contributed by atoms with van der Waals surface area (Å²) in [5.41, 5.74) is 4.10. The standard InChI is InChI=1S/C34H35NO7/c1-24(36)27-8-4-9-30(21-27)42-20-3-2-19-41-29-16-13-25(14-17-29)12-15-26-7-5-10-31-34(26)28(22-33(39)40)23-35(31)18-6-11-32(37)38/h4-5,7-10,12-17,21,23H,2-3,6,11,18-20,22H2,1H3,(H,37,38)(H,39,40). The van der Waals surface area contributed by atoms with E-state index in [-0.39, 0.29) is 18.6 Å². The van der Waals surface area contributed by atoms with Gasteiger partial charge in [-0.1, -0.05) is 48.6 Å². The zero-order valence-electron chi connectivity index (χ0n) is 23.6. The number of unbranched alkanes of at least 4 members (excludes halogenated alkanes) is 1. The predicted octanol–water partition coefficient (Wildman–Crippen LogP) is 6.74. The molecule has 0 saturated carbocycles. The van der Waals surface area contributed by atoms with Crippen molar-refractivity contribution in [2.75, 3.05) is 13.2 Å². The molecule has 218 valence electrons. The molecule has 8 heteroatoms. The van der Waals surface area contributed by atoms with E-state index in [0.29, 0.717) is 43.1 Å². The van der Waals surface area contributed by atoms with Gasteiger partial charge in [0, 0.05) is 35.6 Å². The summed E-state index contributed by atoms with van der Waals surface area (Å²) in [5, 5.41) is 19.3. The minimum absolute atomic E-state index is 0.0130. The Balaban J connectivity index is 1.32. The van der Waals surface area contributed by atoms with E-state index >= 15 is 0 Å². The first-order valence-electron chi connectivity index (χ1n) is 14.0. The van der Waals surface area contributed by atoms with Gasteiger partial charge in [-0.3, -0.25) is 14.4 Å². The SMILES string of the molecule is CC(=O)c1cccc(OCCCCOc2ccc(C=Cc3cccc4c3c(CC(=O)O)cn4CCCC(=O)O)cc2)c1. The van der Waals surface area contributed by atoms with E-state index in [1.165, 1.54) is 6.92 Å². The number of fused-ring (bicyclic) bond motifs is 1. The highest BCUT2D eigenvalue weighted by Gasteiger charge is 2.14. The summed E-state index contributed by atoms with van der Waals surface area (Å²) >= 11 is 0. The Morgan fingerprint density at radius 2 is 1.52 bits per heavy atom. The summed E-state index contributed by atoms with van der Waals surface area (Å²) in [6, 6.07) is 20.8. The lowest BCUT2D eigenvalue weighted by Crippen LogP contribution is -2.03. The van der Waals surface area contributed by atoms with Gasteiger partial charge in [0.05, 0.1) is 19.6 Å². The maximum absolute atomic E-state index is 11.5. The van der Waals surface area contributed by atoms with E-state index in [1.54, 1.807) is 12.1 Å². The number of carboxylic acids is 2. The van der Waals surface area contributed by atoms with Crippen LogP contribution in [0.1, 0.15) is 59.7 Å². The number of ether oxygens (including phenoxy) is 2. The van der Waals surface area contributed by atoms with Crippen LogP contribution in [0.3, 0.4) is 0 Å². The molecule has 0 aliphatic carbocycles. The Kier molecular flexibility index (Phi) is 10.5. The van der Waals surface area contributed by atoms with Crippen LogP contribution >= 0.6 is 0 Å². The summed E-state index contributed by atoms with van der Waals surface area (Å²) in [6.07, 6.45) is 7.82. The molecule has 3 aromatic carbocycles. The quantitative estimate of drug-likeness (QED) is 0.0872. The first-order chi connectivity index (χ1) is 20.3. The number of carbonyl (C=O) groups excluding carboxylic acids is 1. The van der Waals surface area contributed by atoms with Crippen molar-refractivity contribution in [2.45, 2.75) is 45.6 Å². The van der Waals surface area contributed by atoms with Gasteiger partial charge in [0.15, 0.2) is 5.78 Å². The van der Waals surface area contributed by atoms with Crippen molar-refractivity contribution in [3.8, 4) is 11.5 Å². The van der Waals surface area contributed by atoms with Crippen LogP contribution < -0.4 is 9.47 Å². The van der Waals surface area contributed by atoms with Gasteiger partial charge in [0.25, 0.3) is 0 Å². The monoisotopic (exact) mass is 569 g/mol. The van der Waals surface area contributed by atoms with Crippen molar-refractivity contribution in [3.05, 3.63) is 95.2 Å². The number of hydrogen-bond donors (Lipinski definition) is 2. The summed E-state index contributed by atoms with van der Waals surface area (Å²) in [4.78, 5) is 34.0. The lowest BCUT2D eigenvalue weighted by molar-refractivity contribution is -0.137. The van der Waals surface area contributed by atoms with Gasteiger partial charge < -0.3 is 24.3 Å². The van der Waals surface area contributed by atoms with Gasteiger partial charge in [0.1, 0.15) is 11.5 Å². The second-order valence-corrected chi connectivity index (χ2v) is 10.0. The van der Waals surface area contributed by atoms with Crippen molar-refractivity contribution in [2.24, 2.45) is 0 Å². The number of benzene rings is 3. The zero-order valence-corrected chi connectivity index (χ0v) is 23.6. The maximum atomic E-state index is 11.5. The fraction of sp³-hybridized carbons (Fsp3) is 0.265. The molecule has 0 amide bonds. The molecule has 2 N–H and O–H groups in total. The smallest absolute Gasteiger partial charge is 0.307 e. The predicted molar refractivity (Wildman–Crippen MR) is 162 cm³/mol. The average molecular weight is 570 g/mol. The van der Waals surface area contributed by atoms with Crippen LogP contribution in [0.25, 0.3) is 23.1 Å². The molecule has 42 heavy (non-hydrogen) atoms. The third kappa shape index (κ3) is 8.57. The molecule has 4 rings (SSSR count). The van der Waals surface area contributed by atoms with Crippen LogP contribution in [0.2, 0.25) is 0 Å². The van der Waals surface area contributed by atoms with Crippen LogP contribution in [0, 0.1) is 0 Å². The number of Topliss-reactive ketones (excluding diaryl/α,β-unsaturated/α-hetero) is 1. The molecular formula is C34H35NO7. The van der Waals surface area contributed by atoms with E-state index in [9.17, 15) is 19.5 Å². The van der Waals surface area contributed by atoms with E-state index in [0.717, 1.165) is 40.6 Å². The molecular weight excluding hydrogens is 534 g/mol. The van der Waals surface area contributed by atoms with Crippen LogP contribution in [0.4, 0.5) is 0 Å². The Morgan fingerprint density at radius 1 is 0.810 bits per heavy atom. The van der Waals surface area contributed by atoms with Gasteiger partial charge in [-0.15, -0.1) is 0 Å². The number of hydrogen-bond acceptors (Lipinski definition) is 5. The van der Waals surface area contributed by atoms with E-state index in [2.05, 4.69) is 0 Å². The molecule has 0 fully saturated rings. The number of aromatic nitrogens is 1. The minimum Gasteiger partial charge on any atom is -0.494 e. The van der Waals surface area contributed by atoms with Gasteiger partial charge in [0.2, 0.25) is 0 Å². The number of rotatable bonds is 16. The molecule has 0 aliphatic heterocycles. The first-order valence-corrected chi connectivity index (χ1v) is 14.0. The normalized spacial score (nSPS) is 11.2. The molecule has 0 aliphatic rings. The topological polar surface area (TPSA) is 115 Å². The lowest BCUT2D eigenvalue weighted by atomic mass is 10.0. The van der Waals surface area contributed by atoms with E-state index in [4.69, 9.17) is 14.6 Å². The molecule has 0 atom stereocenters. The summed E-state index contributed by atoms with van der Waals surface area (Å²) < 4.78 is 13.6. The van der Waals surface area contributed by atoms with Crippen LogP contribution in [-0.2, 0) is 22.6 Å². The first kappa shape index (κ1) is 30.1. The van der Waals surface area contributed by atoms with E-state index in [1.807, 2.05) is 77.5 Å². The van der Waals surface area contributed by atoms with Crippen molar-refractivity contribution < 1.29 is 34.1 Å². The second-order valence-electron chi connectivity index (χ2n) is 10.0. The molecule has 1 aromatic heterocycles. The highest BCUT2D eigenvalue weighted by atomic mass is 16.5. The average Bonchev–Trinajstić information content (AvgIpc) is 3.31. The molecule has 0 spiro atoms. The number of carbonyl (C=O) groups is 3. The fourth-order valence-electron chi connectivity index (χ4n) is 4.74. The number of ketones is 1. The Labute approximate surface area is 244 Å². The van der Waals surface area contributed by atoms with Crippen LogP contribution in [0.5, 0.6) is 11.5 Å². The number of aryl methyl sites for hydroxylation is 1. The summed E-state index contributed by atoms with van der Waals surface area (Å²) in [6.45, 7) is 3.14. The molecule has 8 nitrogen and oxygen atoms in total. The van der Waals surface area contributed by atoms with Gasteiger partial charge in [-0.25, -0.2) is 0 Å². The Morgan fingerprint density at radius 3 is 2.21 bits per heavy atom. The molecule has 0 bridgehead atoms. The van der Waals surface area contributed by atoms with Crippen LogP contribution in [0.15, 0.2) is 72.9 Å².